The van der Waals surface area contributed by atoms with Crippen molar-refractivity contribution < 1.29 is 9.60 Å². The molecule has 0 aliphatic carbocycles. The summed E-state index contributed by atoms with van der Waals surface area (Å²) in [5.41, 5.74) is 6.81. The van der Waals surface area contributed by atoms with Crippen LogP contribution < -0.4 is 5.73 Å². The van der Waals surface area contributed by atoms with E-state index >= 15 is 0 Å². The van der Waals surface area contributed by atoms with E-state index in [4.69, 9.17) is 10.9 Å². The molecule has 1 fully saturated rings. The van der Waals surface area contributed by atoms with Gasteiger partial charge in [0.05, 0.1) is 0 Å². The van der Waals surface area contributed by atoms with Crippen LogP contribution >= 0.6 is 0 Å². The monoisotopic (exact) mass is 279 g/mol. The van der Waals surface area contributed by atoms with E-state index in [1.807, 2.05) is 0 Å². The minimum absolute atomic E-state index is 0.0600. The summed E-state index contributed by atoms with van der Waals surface area (Å²) in [6.45, 7) is 5.06. The molecule has 0 aromatic heterocycles. The first-order valence-corrected chi connectivity index (χ1v) is 7.08. The summed E-state index contributed by atoms with van der Waals surface area (Å²) >= 11 is 0. The molecule has 1 aromatic rings. The summed E-state index contributed by atoms with van der Waals surface area (Å²) < 4.78 is 13.6. The number of likely N-dealkylation sites (tertiary alicyclic amines) is 1. The third-order valence-electron chi connectivity index (χ3n) is 3.88. The lowest BCUT2D eigenvalue weighted by Gasteiger charge is -2.20. The van der Waals surface area contributed by atoms with Gasteiger partial charge in [-0.25, -0.2) is 4.39 Å². The zero-order valence-corrected chi connectivity index (χ0v) is 11.8. The zero-order chi connectivity index (χ0) is 14.5. The maximum Gasteiger partial charge on any atom is 0.170 e. The SMILES string of the molecule is CC1CCCN(Cc2cc(F)cc(/C(N)=N/O)c2)CC1. The smallest absolute Gasteiger partial charge is 0.170 e. The van der Waals surface area contributed by atoms with Crippen LogP contribution in [0.2, 0.25) is 0 Å². The Morgan fingerprint density at radius 3 is 2.95 bits per heavy atom. The Morgan fingerprint density at radius 1 is 1.40 bits per heavy atom. The molecule has 110 valence electrons. The fourth-order valence-electron chi connectivity index (χ4n) is 2.69. The average Bonchev–Trinajstić information content (AvgIpc) is 2.62. The summed E-state index contributed by atoms with van der Waals surface area (Å²) in [6, 6.07) is 4.58. The van der Waals surface area contributed by atoms with E-state index in [-0.39, 0.29) is 11.7 Å². The van der Waals surface area contributed by atoms with Gasteiger partial charge in [-0.05, 0) is 62.0 Å². The lowest BCUT2D eigenvalue weighted by atomic mass is 10.0. The van der Waals surface area contributed by atoms with Crippen molar-refractivity contribution in [2.75, 3.05) is 13.1 Å². The number of nitrogens with two attached hydrogens (primary N) is 1. The maximum atomic E-state index is 13.6. The number of oxime groups is 1. The van der Waals surface area contributed by atoms with Crippen molar-refractivity contribution in [3.8, 4) is 0 Å². The van der Waals surface area contributed by atoms with Crippen molar-refractivity contribution in [3.63, 3.8) is 0 Å². The molecule has 1 saturated heterocycles. The van der Waals surface area contributed by atoms with E-state index in [1.54, 1.807) is 6.07 Å². The molecular weight excluding hydrogens is 257 g/mol. The molecule has 1 unspecified atom stereocenters. The molecular formula is C15H22FN3O. The van der Waals surface area contributed by atoms with Crippen molar-refractivity contribution >= 4 is 5.84 Å². The van der Waals surface area contributed by atoms with Crippen LogP contribution in [0, 0.1) is 11.7 Å². The normalized spacial score (nSPS) is 21.7. The van der Waals surface area contributed by atoms with E-state index in [0.717, 1.165) is 24.6 Å². The number of amidine groups is 1. The van der Waals surface area contributed by atoms with Gasteiger partial charge in [-0.1, -0.05) is 12.1 Å². The molecule has 5 heteroatoms. The van der Waals surface area contributed by atoms with Crippen LogP contribution in [0.25, 0.3) is 0 Å². The van der Waals surface area contributed by atoms with E-state index in [2.05, 4.69) is 17.0 Å². The lowest BCUT2D eigenvalue weighted by molar-refractivity contribution is 0.273. The fourth-order valence-corrected chi connectivity index (χ4v) is 2.69. The predicted molar refractivity (Wildman–Crippen MR) is 77.2 cm³/mol. The van der Waals surface area contributed by atoms with Gasteiger partial charge in [0.2, 0.25) is 0 Å². The van der Waals surface area contributed by atoms with Gasteiger partial charge in [0.1, 0.15) is 5.82 Å². The molecule has 1 atom stereocenters. The molecule has 4 nitrogen and oxygen atoms in total. The van der Waals surface area contributed by atoms with Gasteiger partial charge in [-0.2, -0.15) is 0 Å². The first kappa shape index (κ1) is 14.8. The van der Waals surface area contributed by atoms with Crippen LogP contribution in [0.5, 0.6) is 0 Å². The Labute approximate surface area is 119 Å². The van der Waals surface area contributed by atoms with Gasteiger partial charge in [-0.3, -0.25) is 4.90 Å². The molecule has 0 saturated carbocycles. The van der Waals surface area contributed by atoms with Crippen LogP contribution in [-0.2, 0) is 6.54 Å². The number of halogens is 1. The molecule has 1 aromatic carbocycles. The van der Waals surface area contributed by atoms with E-state index < -0.39 is 0 Å². The number of hydrogen-bond acceptors (Lipinski definition) is 3. The number of hydrogen-bond donors (Lipinski definition) is 2. The van der Waals surface area contributed by atoms with Crippen LogP contribution in [0.4, 0.5) is 4.39 Å². The van der Waals surface area contributed by atoms with Crippen LogP contribution in [0.1, 0.15) is 37.3 Å². The topological polar surface area (TPSA) is 61.8 Å². The number of benzene rings is 1. The van der Waals surface area contributed by atoms with E-state index in [0.29, 0.717) is 12.1 Å². The summed E-state index contributed by atoms with van der Waals surface area (Å²) in [5, 5.41) is 11.6. The molecule has 1 aliphatic heterocycles. The van der Waals surface area contributed by atoms with Crippen molar-refractivity contribution in [1.29, 1.82) is 0 Å². The van der Waals surface area contributed by atoms with Crippen LogP contribution in [0.3, 0.4) is 0 Å². The van der Waals surface area contributed by atoms with Gasteiger partial charge >= 0.3 is 0 Å². The molecule has 0 spiro atoms. The molecule has 1 heterocycles. The number of nitrogens with zero attached hydrogens (tertiary/aromatic N) is 2. The second-order valence-electron chi connectivity index (χ2n) is 5.65. The minimum Gasteiger partial charge on any atom is -0.409 e. The van der Waals surface area contributed by atoms with Crippen LogP contribution in [0.15, 0.2) is 23.4 Å². The molecule has 0 radical (unpaired) electrons. The van der Waals surface area contributed by atoms with Gasteiger partial charge in [-0.15, -0.1) is 0 Å². The predicted octanol–water partition coefficient (Wildman–Crippen LogP) is 2.54. The summed E-state index contributed by atoms with van der Waals surface area (Å²) in [7, 11) is 0. The summed E-state index contributed by atoms with van der Waals surface area (Å²) in [6.07, 6.45) is 3.63. The van der Waals surface area contributed by atoms with Crippen molar-refractivity contribution in [2.24, 2.45) is 16.8 Å². The third-order valence-corrected chi connectivity index (χ3v) is 3.88. The van der Waals surface area contributed by atoms with Crippen LogP contribution in [-0.4, -0.2) is 29.0 Å². The van der Waals surface area contributed by atoms with Crippen molar-refractivity contribution in [3.05, 3.63) is 35.1 Å². The Bertz CT molecular complexity index is 490. The molecule has 0 bridgehead atoms. The van der Waals surface area contributed by atoms with E-state index in [1.165, 1.54) is 31.4 Å². The molecule has 2 rings (SSSR count). The van der Waals surface area contributed by atoms with Crippen molar-refractivity contribution in [2.45, 2.75) is 32.7 Å². The standard InChI is InChI=1S/C15H22FN3O/c1-11-3-2-5-19(6-4-11)10-12-7-13(15(17)18-20)9-14(16)8-12/h7-9,11,20H,2-6,10H2,1H3,(H2,17,18). The highest BCUT2D eigenvalue weighted by Crippen LogP contribution is 2.19. The summed E-state index contributed by atoms with van der Waals surface area (Å²) in [4.78, 5) is 2.34. The molecule has 0 amide bonds. The highest BCUT2D eigenvalue weighted by atomic mass is 19.1. The first-order valence-electron chi connectivity index (χ1n) is 7.08. The number of rotatable bonds is 3. The minimum atomic E-state index is -0.354. The Kier molecular flexibility index (Phi) is 4.95. The average molecular weight is 279 g/mol. The Balaban J connectivity index is 2.10. The molecule has 20 heavy (non-hydrogen) atoms. The zero-order valence-electron chi connectivity index (χ0n) is 11.8. The highest BCUT2D eigenvalue weighted by Gasteiger charge is 2.14. The first-order chi connectivity index (χ1) is 9.58. The second kappa shape index (κ2) is 6.70. The third kappa shape index (κ3) is 3.93. The Morgan fingerprint density at radius 2 is 2.20 bits per heavy atom. The van der Waals surface area contributed by atoms with Crippen molar-refractivity contribution in [1.82, 2.24) is 4.90 Å². The van der Waals surface area contributed by atoms with Gasteiger partial charge in [0.15, 0.2) is 5.84 Å². The fraction of sp³-hybridized carbons (Fsp3) is 0.533. The van der Waals surface area contributed by atoms with E-state index in [9.17, 15) is 4.39 Å². The highest BCUT2D eigenvalue weighted by molar-refractivity contribution is 5.97. The van der Waals surface area contributed by atoms with Gasteiger partial charge in [0.25, 0.3) is 0 Å². The largest absolute Gasteiger partial charge is 0.409 e. The quantitative estimate of drug-likeness (QED) is 0.387. The second-order valence-corrected chi connectivity index (χ2v) is 5.65. The Hall–Kier alpha value is -1.62. The lowest BCUT2D eigenvalue weighted by Crippen LogP contribution is -2.24. The van der Waals surface area contributed by atoms with Gasteiger partial charge in [0, 0.05) is 12.1 Å². The molecule has 3 N–H and O–H groups in total. The molecule has 1 aliphatic rings. The maximum absolute atomic E-state index is 13.6. The van der Waals surface area contributed by atoms with Gasteiger partial charge < -0.3 is 10.9 Å². The summed E-state index contributed by atoms with van der Waals surface area (Å²) in [5.74, 6) is 0.350.